The van der Waals surface area contributed by atoms with Crippen LogP contribution in [0.2, 0.25) is 0 Å². The number of piperazine rings is 2. The Morgan fingerprint density at radius 1 is 1.00 bits per heavy atom. The van der Waals surface area contributed by atoms with Crippen LogP contribution in [0, 0.1) is 0 Å². The van der Waals surface area contributed by atoms with Gasteiger partial charge in [0.2, 0.25) is 16.0 Å². The molecule has 0 saturated carbocycles. The van der Waals surface area contributed by atoms with Crippen LogP contribution in [0.3, 0.4) is 0 Å². The predicted molar refractivity (Wildman–Crippen MR) is 150 cm³/mol. The molecule has 13 nitrogen and oxygen atoms in total. The summed E-state index contributed by atoms with van der Waals surface area (Å²) in [6.07, 6.45) is 3.38. The molecule has 2 saturated heterocycles. The fourth-order valence-corrected chi connectivity index (χ4v) is 6.03. The number of nitrogens with zero attached hydrogens (tertiary/aromatic N) is 6. The lowest BCUT2D eigenvalue weighted by Crippen LogP contribution is -2.52. The van der Waals surface area contributed by atoms with E-state index in [1.54, 1.807) is 51.4 Å². The van der Waals surface area contributed by atoms with Crippen LogP contribution in [0.15, 0.2) is 42.1 Å². The van der Waals surface area contributed by atoms with Crippen LogP contribution < -0.4 is 10.2 Å². The third-order valence-corrected chi connectivity index (χ3v) is 8.47. The van der Waals surface area contributed by atoms with E-state index in [1.165, 1.54) is 20.2 Å². The maximum absolute atomic E-state index is 13.9. The zero-order valence-corrected chi connectivity index (χ0v) is 23.7. The molecule has 3 heterocycles. The van der Waals surface area contributed by atoms with E-state index >= 15 is 0 Å². The summed E-state index contributed by atoms with van der Waals surface area (Å²) in [5.74, 6) is 0.334. The molecule has 2 aliphatic rings. The minimum absolute atomic E-state index is 0.107. The third-order valence-electron chi connectivity index (χ3n) is 6.52. The minimum Gasteiger partial charge on any atom is -0.465 e. The first kappa shape index (κ1) is 29.1. The maximum Gasteiger partial charge on any atom is 0.410 e. The number of hydrogen-bond donors (Lipinski definition) is 2. The van der Waals surface area contributed by atoms with E-state index in [2.05, 4.69) is 21.9 Å². The van der Waals surface area contributed by atoms with Gasteiger partial charge in [-0.15, -0.1) is 0 Å². The van der Waals surface area contributed by atoms with Crippen molar-refractivity contribution in [2.45, 2.75) is 31.3 Å². The molecular weight excluding hydrogens is 538 g/mol. The Morgan fingerprint density at radius 2 is 1.60 bits per heavy atom. The van der Waals surface area contributed by atoms with E-state index in [0.29, 0.717) is 30.4 Å². The van der Waals surface area contributed by atoms with Gasteiger partial charge >= 0.3 is 12.2 Å². The number of anilines is 3. The van der Waals surface area contributed by atoms with Crippen LogP contribution in [0.4, 0.5) is 26.9 Å². The van der Waals surface area contributed by atoms with Crippen molar-refractivity contribution in [1.29, 1.82) is 0 Å². The summed E-state index contributed by atoms with van der Waals surface area (Å²) in [5.41, 5.74) is 1.15. The Hall–Kier alpha value is -3.91. The number of rotatable bonds is 6. The van der Waals surface area contributed by atoms with E-state index in [1.807, 2.05) is 4.90 Å². The van der Waals surface area contributed by atoms with Crippen molar-refractivity contribution in [1.82, 2.24) is 24.1 Å². The zero-order chi connectivity index (χ0) is 29.1. The maximum atomic E-state index is 13.9. The lowest BCUT2D eigenvalue weighted by molar-refractivity contribution is 0.0192. The molecule has 1 aromatic heterocycles. The van der Waals surface area contributed by atoms with Gasteiger partial charge in [0.25, 0.3) is 0 Å². The second kappa shape index (κ2) is 11.7. The van der Waals surface area contributed by atoms with E-state index in [9.17, 15) is 23.1 Å². The molecule has 0 spiro atoms. The first-order chi connectivity index (χ1) is 18.9. The average molecular weight is 574 g/mol. The highest BCUT2D eigenvalue weighted by Gasteiger charge is 2.35. The molecule has 0 aliphatic carbocycles. The van der Waals surface area contributed by atoms with Gasteiger partial charge in [-0.1, -0.05) is 12.7 Å². The van der Waals surface area contributed by atoms with Gasteiger partial charge in [-0.05, 0) is 39.0 Å². The summed E-state index contributed by atoms with van der Waals surface area (Å²) in [6, 6.07) is 4.89. The Bertz CT molecular complexity index is 1340. The first-order valence-corrected chi connectivity index (χ1v) is 14.4. The van der Waals surface area contributed by atoms with Gasteiger partial charge in [0.05, 0.1) is 5.69 Å². The van der Waals surface area contributed by atoms with Gasteiger partial charge in [0.1, 0.15) is 10.5 Å². The molecule has 0 unspecified atom stereocenters. The summed E-state index contributed by atoms with van der Waals surface area (Å²) < 4.78 is 34.5. The van der Waals surface area contributed by atoms with Crippen molar-refractivity contribution in [3.05, 3.63) is 42.7 Å². The van der Waals surface area contributed by atoms with Crippen LogP contribution in [-0.2, 0) is 14.8 Å². The predicted octanol–water partition coefficient (Wildman–Crippen LogP) is 2.90. The van der Waals surface area contributed by atoms with Crippen molar-refractivity contribution < 1.29 is 27.9 Å². The normalized spacial score (nSPS) is 16.9. The third kappa shape index (κ3) is 6.80. The molecule has 0 atom stereocenters. The number of benzene rings is 1. The molecule has 14 heteroatoms. The van der Waals surface area contributed by atoms with Gasteiger partial charge in [0.15, 0.2) is 0 Å². The van der Waals surface area contributed by atoms with E-state index in [0.717, 1.165) is 5.56 Å². The number of carboxylic acid groups (broad SMARTS) is 1. The quantitative estimate of drug-likeness (QED) is 0.528. The molecule has 2 N–H and O–H groups in total. The van der Waals surface area contributed by atoms with Crippen LogP contribution in [0.5, 0.6) is 0 Å². The first-order valence-electron chi connectivity index (χ1n) is 12.9. The van der Waals surface area contributed by atoms with E-state index in [-0.39, 0.29) is 44.2 Å². The second-order valence-corrected chi connectivity index (χ2v) is 12.4. The highest BCUT2D eigenvalue weighted by molar-refractivity contribution is 7.89. The van der Waals surface area contributed by atoms with Gasteiger partial charge < -0.3 is 29.9 Å². The monoisotopic (exact) mass is 573 g/mol. The number of ether oxygens (including phenoxy) is 1. The van der Waals surface area contributed by atoms with Crippen LogP contribution >= 0.6 is 0 Å². The molecule has 4 rings (SSSR count). The number of carbonyl (C=O) groups is 2. The van der Waals surface area contributed by atoms with Crippen molar-refractivity contribution in [2.24, 2.45) is 0 Å². The summed E-state index contributed by atoms with van der Waals surface area (Å²) in [6.45, 7) is 10.8. The Balaban J connectivity index is 1.58. The molecule has 216 valence electrons. The van der Waals surface area contributed by atoms with Crippen molar-refractivity contribution >= 4 is 45.6 Å². The minimum atomic E-state index is -3.94. The fourth-order valence-electron chi connectivity index (χ4n) is 4.41. The van der Waals surface area contributed by atoms with Crippen molar-refractivity contribution in [3.63, 3.8) is 0 Å². The number of amides is 2. The number of carbonyl (C=O) groups excluding carboxylic acids is 1. The van der Waals surface area contributed by atoms with Crippen LogP contribution in [0.25, 0.3) is 6.08 Å². The van der Waals surface area contributed by atoms with E-state index < -0.39 is 27.8 Å². The Labute approximate surface area is 234 Å². The number of nitrogens with one attached hydrogen (secondary N) is 1. The highest BCUT2D eigenvalue weighted by atomic mass is 32.2. The summed E-state index contributed by atoms with van der Waals surface area (Å²) in [5, 5.41) is 12.5. The molecule has 2 aromatic rings. The molecule has 2 fully saturated rings. The molecule has 2 aliphatic heterocycles. The molecule has 0 radical (unpaired) electrons. The molecule has 0 bridgehead atoms. The smallest absolute Gasteiger partial charge is 0.410 e. The van der Waals surface area contributed by atoms with Crippen LogP contribution in [0.1, 0.15) is 26.3 Å². The van der Waals surface area contributed by atoms with Gasteiger partial charge in [-0.25, -0.2) is 28.0 Å². The Kier molecular flexibility index (Phi) is 8.49. The van der Waals surface area contributed by atoms with E-state index in [4.69, 9.17) is 4.74 Å². The molecule has 2 amide bonds. The SMILES string of the molecule is C=Cc1cnc(Nc2ccc(S(=O)(=O)N3CCN(C(=O)OC(C)(C)C)CC3)c(N3CCN(C(=O)O)CC3)c2)nc1. The summed E-state index contributed by atoms with van der Waals surface area (Å²) in [7, 11) is -3.94. The van der Waals surface area contributed by atoms with Gasteiger partial charge in [-0.3, -0.25) is 0 Å². The molecular formula is C26H35N7O6S. The average Bonchev–Trinajstić information content (AvgIpc) is 2.92. The number of hydrogen-bond acceptors (Lipinski definition) is 9. The van der Waals surface area contributed by atoms with Gasteiger partial charge in [-0.2, -0.15) is 4.31 Å². The van der Waals surface area contributed by atoms with Crippen molar-refractivity contribution in [2.75, 3.05) is 62.6 Å². The summed E-state index contributed by atoms with van der Waals surface area (Å²) >= 11 is 0. The summed E-state index contributed by atoms with van der Waals surface area (Å²) in [4.78, 5) is 37.2. The highest BCUT2D eigenvalue weighted by Crippen LogP contribution is 2.33. The topological polar surface area (TPSA) is 149 Å². The largest absolute Gasteiger partial charge is 0.465 e. The van der Waals surface area contributed by atoms with Crippen LogP contribution in [-0.4, -0.2) is 108 Å². The molecule has 1 aromatic carbocycles. The zero-order valence-electron chi connectivity index (χ0n) is 22.9. The number of sulfonamides is 1. The molecule has 40 heavy (non-hydrogen) atoms. The lowest BCUT2D eigenvalue weighted by Gasteiger charge is -2.37. The lowest BCUT2D eigenvalue weighted by atomic mass is 10.2. The van der Waals surface area contributed by atoms with Crippen molar-refractivity contribution in [3.8, 4) is 0 Å². The fraction of sp³-hybridized carbons (Fsp3) is 0.462. The van der Waals surface area contributed by atoms with Gasteiger partial charge in [0, 0.05) is 76.0 Å². The standard InChI is InChI=1S/C26H35N7O6S/c1-5-19-17-27-23(28-18-19)29-20-6-7-22(21(16-20)30-8-10-31(11-9-30)24(34)35)40(37,38)33-14-12-32(13-15-33)25(36)39-26(2,3)4/h5-7,16-18H,1,8-15H2,2-4H3,(H,34,35)(H,27,28,29). The Morgan fingerprint density at radius 3 is 2.15 bits per heavy atom. The number of aromatic nitrogens is 2. The second-order valence-electron chi connectivity index (χ2n) is 10.5.